The molecule has 0 saturated carbocycles. The SMILES string of the molecule is CCN(c1ccccc1F)C1(CN)CC(C)N(C)C1. The van der Waals surface area contributed by atoms with Crippen LogP contribution in [0, 0.1) is 5.82 Å². The van der Waals surface area contributed by atoms with Crippen LogP contribution in [-0.2, 0) is 0 Å². The molecule has 0 bridgehead atoms. The Morgan fingerprint density at radius 3 is 2.63 bits per heavy atom. The van der Waals surface area contributed by atoms with E-state index in [0.717, 1.165) is 19.5 Å². The number of anilines is 1. The van der Waals surface area contributed by atoms with Crippen LogP contribution in [0.1, 0.15) is 20.3 Å². The lowest BCUT2D eigenvalue weighted by Gasteiger charge is -2.42. The van der Waals surface area contributed by atoms with Gasteiger partial charge < -0.3 is 15.5 Å². The van der Waals surface area contributed by atoms with E-state index >= 15 is 0 Å². The van der Waals surface area contributed by atoms with Crippen molar-refractivity contribution in [2.75, 3.05) is 31.6 Å². The summed E-state index contributed by atoms with van der Waals surface area (Å²) in [7, 11) is 2.11. The van der Waals surface area contributed by atoms with Gasteiger partial charge in [0.15, 0.2) is 0 Å². The standard InChI is InChI=1S/C15H24FN3/c1-4-19(14-8-6-5-7-13(14)16)15(10-17)9-12(2)18(3)11-15/h5-8,12H,4,9-11,17H2,1-3H3. The maximum atomic E-state index is 14.1. The number of rotatable bonds is 4. The average Bonchev–Trinajstić information content (AvgIpc) is 2.69. The molecule has 1 saturated heterocycles. The minimum absolute atomic E-state index is 0.162. The highest BCUT2D eigenvalue weighted by Crippen LogP contribution is 2.35. The summed E-state index contributed by atoms with van der Waals surface area (Å²) in [6.45, 7) is 6.45. The molecule has 19 heavy (non-hydrogen) atoms. The van der Waals surface area contributed by atoms with Gasteiger partial charge in [-0.25, -0.2) is 4.39 Å². The fourth-order valence-corrected chi connectivity index (χ4v) is 3.28. The maximum absolute atomic E-state index is 14.1. The zero-order valence-electron chi connectivity index (χ0n) is 12.1. The van der Waals surface area contributed by atoms with Gasteiger partial charge in [-0.3, -0.25) is 0 Å². The summed E-state index contributed by atoms with van der Waals surface area (Å²) >= 11 is 0. The van der Waals surface area contributed by atoms with E-state index in [0.29, 0.717) is 18.3 Å². The van der Waals surface area contributed by atoms with E-state index in [9.17, 15) is 4.39 Å². The van der Waals surface area contributed by atoms with Crippen LogP contribution < -0.4 is 10.6 Å². The molecular weight excluding hydrogens is 241 g/mol. The molecule has 0 radical (unpaired) electrons. The van der Waals surface area contributed by atoms with Gasteiger partial charge in [0.2, 0.25) is 0 Å². The van der Waals surface area contributed by atoms with Crippen molar-refractivity contribution in [2.45, 2.75) is 31.8 Å². The molecule has 2 N–H and O–H groups in total. The van der Waals surface area contributed by atoms with E-state index in [-0.39, 0.29) is 11.4 Å². The fraction of sp³-hybridized carbons (Fsp3) is 0.600. The van der Waals surface area contributed by atoms with E-state index in [1.807, 2.05) is 12.1 Å². The largest absolute Gasteiger partial charge is 0.361 e. The van der Waals surface area contributed by atoms with Crippen LogP contribution in [0.2, 0.25) is 0 Å². The number of para-hydroxylation sites is 1. The highest BCUT2D eigenvalue weighted by Gasteiger charge is 2.44. The summed E-state index contributed by atoms with van der Waals surface area (Å²) < 4.78 is 14.1. The van der Waals surface area contributed by atoms with Crippen molar-refractivity contribution in [2.24, 2.45) is 5.73 Å². The van der Waals surface area contributed by atoms with E-state index in [2.05, 4.69) is 30.7 Å². The Balaban J connectivity index is 2.38. The van der Waals surface area contributed by atoms with Gasteiger partial charge in [0, 0.05) is 25.7 Å². The number of hydrogen-bond donors (Lipinski definition) is 1. The molecule has 1 aromatic carbocycles. The number of halogens is 1. The van der Waals surface area contributed by atoms with E-state index in [4.69, 9.17) is 5.73 Å². The first kappa shape index (κ1) is 14.3. The first-order valence-corrected chi connectivity index (χ1v) is 6.96. The molecule has 1 fully saturated rings. The molecular formula is C15H24FN3. The summed E-state index contributed by atoms with van der Waals surface area (Å²) in [6.07, 6.45) is 0.974. The van der Waals surface area contributed by atoms with Crippen molar-refractivity contribution in [3.05, 3.63) is 30.1 Å². The van der Waals surface area contributed by atoms with Crippen molar-refractivity contribution < 1.29 is 4.39 Å². The lowest BCUT2D eigenvalue weighted by Crippen LogP contribution is -2.56. The monoisotopic (exact) mass is 265 g/mol. The molecule has 3 nitrogen and oxygen atoms in total. The Morgan fingerprint density at radius 1 is 1.47 bits per heavy atom. The number of nitrogens with two attached hydrogens (primary N) is 1. The molecule has 1 aliphatic heterocycles. The van der Waals surface area contributed by atoms with Crippen LogP contribution >= 0.6 is 0 Å². The van der Waals surface area contributed by atoms with Gasteiger partial charge in [-0.15, -0.1) is 0 Å². The van der Waals surface area contributed by atoms with E-state index < -0.39 is 0 Å². The van der Waals surface area contributed by atoms with Crippen LogP contribution in [0.3, 0.4) is 0 Å². The third-order valence-corrected chi connectivity index (χ3v) is 4.38. The molecule has 4 heteroatoms. The molecule has 1 heterocycles. The van der Waals surface area contributed by atoms with Crippen LogP contribution in [-0.4, -0.2) is 43.2 Å². The van der Waals surface area contributed by atoms with Crippen LogP contribution in [0.4, 0.5) is 10.1 Å². The Morgan fingerprint density at radius 2 is 2.16 bits per heavy atom. The Bertz CT molecular complexity index is 425. The Kier molecular flexibility index (Phi) is 4.11. The first-order valence-electron chi connectivity index (χ1n) is 6.96. The molecule has 0 aliphatic carbocycles. The van der Waals surface area contributed by atoms with Crippen molar-refractivity contribution in [3.63, 3.8) is 0 Å². The van der Waals surface area contributed by atoms with Crippen molar-refractivity contribution in [1.82, 2.24) is 4.90 Å². The Hall–Kier alpha value is -1.13. The highest BCUT2D eigenvalue weighted by atomic mass is 19.1. The fourth-order valence-electron chi connectivity index (χ4n) is 3.28. The second-order valence-corrected chi connectivity index (χ2v) is 5.59. The number of hydrogen-bond acceptors (Lipinski definition) is 3. The van der Waals surface area contributed by atoms with Gasteiger partial charge in [-0.2, -0.15) is 0 Å². The lowest BCUT2D eigenvalue weighted by atomic mass is 9.93. The van der Waals surface area contributed by atoms with Gasteiger partial charge in [-0.1, -0.05) is 12.1 Å². The molecule has 0 aromatic heterocycles. The first-order chi connectivity index (χ1) is 9.04. The van der Waals surface area contributed by atoms with Crippen molar-refractivity contribution >= 4 is 5.69 Å². The second kappa shape index (κ2) is 5.47. The Labute approximate surface area is 115 Å². The predicted octanol–water partition coefficient (Wildman–Crippen LogP) is 2.07. The normalized spacial score (nSPS) is 27.7. The predicted molar refractivity (Wildman–Crippen MR) is 77.9 cm³/mol. The summed E-state index contributed by atoms with van der Waals surface area (Å²) in [4.78, 5) is 4.44. The molecule has 2 unspecified atom stereocenters. The smallest absolute Gasteiger partial charge is 0.146 e. The van der Waals surface area contributed by atoms with Gasteiger partial charge in [0.25, 0.3) is 0 Å². The zero-order chi connectivity index (χ0) is 14.0. The van der Waals surface area contributed by atoms with Gasteiger partial charge >= 0.3 is 0 Å². The van der Waals surface area contributed by atoms with Gasteiger partial charge in [-0.05, 0) is 39.4 Å². The number of nitrogens with zero attached hydrogens (tertiary/aromatic N) is 2. The molecule has 1 aliphatic rings. The minimum Gasteiger partial charge on any atom is -0.361 e. The molecule has 2 atom stereocenters. The lowest BCUT2D eigenvalue weighted by molar-refractivity contribution is 0.316. The summed E-state index contributed by atoms with van der Waals surface area (Å²) in [6, 6.07) is 7.45. The maximum Gasteiger partial charge on any atom is 0.146 e. The zero-order valence-corrected chi connectivity index (χ0v) is 12.1. The third kappa shape index (κ3) is 2.47. The van der Waals surface area contributed by atoms with Crippen LogP contribution in [0.5, 0.6) is 0 Å². The van der Waals surface area contributed by atoms with E-state index in [1.165, 1.54) is 6.07 Å². The van der Waals surface area contributed by atoms with Gasteiger partial charge in [0.1, 0.15) is 5.82 Å². The number of likely N-dealkylation sites (N-methyl/N-ethyl adjacent to an activating group) is 2. The summed E-state index contributed by atoms with van der Waals surface area (Å²) in [5.74, 6) is -0.167. The van der Waals surface area contributed by atoms with Crippen molar-refractivity contribution in [3.8, 4) is 0 Å². The van der Waals surface area contributed by atoms with Crippen LogP contribution in [0.15, 0.2) is 24.3 Å². The van der Waals surface area contributed by atoms with Crippen LogP contribution in [0.25, 0.3) is 0 Å². The number of benzene rings is 1. The van der Waals surface area contributed by atoms with E-state index in [1.54, 1.807) is 6.07 Å². The second-order valence-electron chi connectivity index (χ2n) is 5.59. The highest BCUT2D eigenvalue weighted by molar-refractivity contribution is 5.51. The average molecular weight is 265 g/mol. The summed E-state index contributed by atoms with van der Waals surface area (Å²) in [5, 5.41) is 0. The third-order valence-electron chi connectivity index (χ3n) is 4.38. The molecule has 0 spiro atoms. The number of likely N-dealkylation sites (tertiary alicyclic amines) is 1. The van der Waals surface area contributed by atoms with Gasteiger partial charge in [0.05, 0.1) is 11.2 Å². The molecule has 0 amide bonds. The topological polar surface area (TPSA) is 32.5 Å². The summed E-state index contributed by atoms with van der Waals surface area (Å²) in [5.41, 5.74) is 6.57. The molecule has 106 valence electrons. The minimum atomic E-state index is -0.167. The quantitative estimate of drug-likeness (QED) is 0.904. The molecule has 1 aromatic rings. The van der Waals surface area contributed by atoms with Crippen molar-refractivity contribution in [1.29, 1.82) is 0 Å². The molecule has 2 rings (SSSR count).